The molecule has 0 unspecified atom stereocenters. The van der Waals surface area contributed by atoms with Crippen molar-refractivity contribution in [3.8, 4) is 5.40 Å². The van der Waals surface area contributed by atoms with Crippen LogP contribution in [0.5, 0.6) is 0 Å². The predicted molar refractivity (Wildman–Crippen MR) is 67.3 cm³/mol. The van der Waals surface area contributed by atoms with Gasteiger partial charge in [0.15, 0.2) is 0 Å². The zero-order chi connectivity index (χ0) is 11.0. The first-order chi connectivity index (χ1) is 7.88. The Balaban J connectivity index is 2.36. The predicted octanol–water partition coefficient (Wildman–Crippen LogP) is 3.89. The maximum atomic E-state index is 8.66. The van der Waals surface area contributed by atoms with Crippen LogP contribution in [0.2, 0.25) is 0 Å². The minimum atomic E-state index is 0.986. The number of aromatic nitrogens is 1. The van der Waals surface area contributed by atoms with Gasteiger partial charge in [0.1, 0.15) is 5.40 Å². The molecular formula is C13H8N2S. The first kappa shape index (κ1) is 9.32. The Labute approximate surface area is 96.9 Å². The van der Waals surface area contributed by atoms with E-state index in [1.54, 1.807) is 0 Å². The molecule has 1 N–H and O–H groups in total. The van der Waals surface area contributed by atoms with Crippen LogP contribution >= 0.6 is 11.8 Å². The molecule has 0 saturated heterocycles. The van der Waals surface area contributed by atoms with Crippen LogP contribution in [0, 0.1) is 10.7 Å². The average Bonchev–Trinajstić information content (AvgIpc) is 2.68. The number of fused-ring (bicyclic) bond motifs is 3. The second kappa shape index (κ2) is 3.58. The Bertz CT molecular complexity index is 707. The number of thioether (sulfide) groups is 1. The number of nitriles is 1. The standard InChI is InChI=1S/C13H8N2S/c14-8-16-9-5-6-13-11(7-9)10-3-1-2-4-12(10)15-13/h1-7,15H. The molecule has 3 heteroatoms. The van der Waals surface area contributed by atoms with Crippen molar-refractivity contribution in [2.75, 3.05) is 0 Å². The summed E-state index contributed by atoms with van der Waals surface area (Å²) in [4.78, 5) is 4.34. The number of thiocyanates is 1. The largest absolute Gasteiger partial charge is 0.355 e. The minimum Gasteiger partial charge on any atom is -0.355 e. The molecule has 76 valence electrons. The highest BCUT2D eigenvalue weighted by Gasteiger charge is 2.04. The maximum Gasteiger partial charge on any atom is 0.138 e. The Hall–Kier alpha value is -1.92. The third-order valence-electron chi connectivity index (χ3n) is 2.64. The number of aromatic amines is 1. The van der Waals surface area contributed by atoms with Crippen LogP contribution in [0.3, 0.4) is 0 Å². The molecule has 3 aromatic rings. The summed E-state index contributed by atoms with van der Waals surface area (Å²) < 4.78 is 0. The molecule has 3 rings (SSSR count). The summed E-state index contributed by atoms with van der Waals surface area (Å²) in [6.45, 7) is 0. The molecule has 1 heterocycles. The number of rotatable bonds is 1. The quantitative estimate of drug-likeness (QED) is 0.503. The average molecular weight is 224 g/mol. The summed E-state index contributed by atoms with van der Waals surface area (Å²) in [5.74, 6) is 0. The van der Waals surface area contributed by atoms with Gasteiger partial charge < -0.3 is 4.98 Å². The third kappa shape index (κ3) is 1.36. The Morgan fingerprint density at radius 1 is 1.00 bits per heavy atom. The van der Waals surface area contributed by atoms with Crippen LogP contribution in [0.1, 0.15) is 0 Å². The second-order valence-electron chi connectivity index (χ2n) is 3.57. The van der Waals surface area contributed by atoms with Crippen LogP contribution in [0.4, 0.5) is 0 Å². The lowest BCUT2D eigenvalue weighted by atomic mass is 10.1. The molecule has 0 aliphatic heterocycles. The molecule has 0 aliphatic carbocycles. The zero-order valence-corrected chi connectivity index (χ0v) is 9.21. The zero-order valence-electron chi connectivity index (χ0n) is 8.40. The van der Waals surface area contributed by atoms with E-state index < -0.39 is 0 Å². The van der Waals surface area contributed by atoms with Crippen molar-refractivity contribution < 1.29 is 0 Å². The number of nitrogens with zero attached hydrogens (tertiary/aromatic N) is 1. The molecule has 1 aromatic heterocycles. The molecule has 0 saturated carbocycles. The first-order valence-electron chi connectivity index (χ1n) is 4.95. The van der Waals surface area contributed by atoms with Crippen molar-refractivity contribution in [3.05, 3.63) is 42.5 Å². The minimum absolute atomic E-state index is 0.986. The lowest BCUT2D eigenvalue weighted by Gasteiger charge is -1.94. The fraction of sp³-hybridized carbons (Fsp3) is 0. The van der Waals surface area contributed by atoms with Crippen LogP contribution in [-0.4, -0.2) is 4.98 Å². The molecule has 0 radical (unpaired) electrons. The van der Waals surface area contributed by atoms with Gasteiger partial charge in [-0.15, -0.1) is 0 Å². The molecule has 0 amide bonds. The summed E-state index contributed by atoms with van der Waals surface area (Å²) in [7, 11) is 0. The van der Waals surface area contributed by atoms with E-state index in [9.17, 15) is 0 Å². The van der Waals surface area contributed by atoms with Gasteiger partial charge in [0.05, 0.1) is 0 Å². The highest BCUT2D eigenvalue weighted by Crippen LogP contribution is 2.28. The van der Waals surface area contributed by atoms with Crippen molar-refractivity contribution >= 4 is 33.6 Å². The van der Waals surface area contributed by atoms with Gasteiger partial charge >= 0.3 is 0 Å². The van der Waals surface area contributed by atoms with E-state index in [2.05, 4.69) is 28.6 Å². The van der Waals surface area contributed by atoms with Crippen molar-refractivity contribution in [1.82, 2.24) is 4.98 Å². The smallest absolute Gasteiger partial charge is 0.138 e. The van der Waals surface area contributed by atoms with Gasteiger partial charge in [-0.1, -0.05) is 18.2 Å². The van der Waals surface area contributed by atoms with E-state index in [-0.39, 0.29) is 0 Å². The lowest BCUT2D eigenvalue weighted by molar-refractivity contribution is 1.48. The summed E-state index contributed by atoms with van der Waals surface area (Å²) >= 11 is 1.19. The van der Waals surface area contributed by atoms with Gasteiger partial charge in [-0.05, 0) is 36.0 Å². The number of nitrogens with one attached hydrogen (secondary N) is 1. The molecule has 2 nitrogen and oxygen atoms in total. The van der Waals surface area contributed by atoms with Gasteiger partial charge in [0.2, 0.25) is 0 Å². The number of H-pyrrole nitrogens is 1. The highest BCUT2D eigenvalue weighted by atomic mass is 32.2. The third-order valence-corrected chi connectivity index (χ3v) is 3.22. The summed E-state index contributed by atoms with van der Waals surface area (Å²) in [6, 6.07) is 14.2. The molecule has 0 bridgehead atoms. The van der Waals surface area contributed by atoms with E-state index in [0.717, 1.165) is 15.9 Å². The van der Waals surface area contributed by atoms with E-state index in [1.165, 1.54) is 22.5 Å². The van der Waals surface area contributed by atoms with Gasteiger partial charge in [-0.25, -0.2) is 0 Å². The Morgan fingerprint density at radius 3 is 2.69 bits per heavy atom. The molecule has 16 heavy (non-hydrogen) atoms. The van der Waals surface area contributed by atoms with Crippen LogP contribution in [0.15, 0.2) is 47.4 Å². The molecule has 2 aromatic carbocycles. The molecule has 0 aliphatic rings. The number of hydrogen-bond acceptors (Lipinski definition) is 2. The van der Waals surface area contributed by atoms with E-state index in [4.69, 9.17) is 5.26 Å². The maximum absolute atomic E-state index is 8.66. The van der Waals surface area contributed by atoms with Gasteiger partial charge in [0, 0.05) is 26.7 Å². The molecule has 0 fully saturated rings. The van der Waals surface area contributed by atoms with E-state index in [1.807, 2.05) is 24.3 Å². The normalized spacial score (nSPS) is 10.7. The van der Waals surface area contributed by atoms with E-state index >= 15 is 0 Å². The number of hydrogen-bond donors (Lipinski definition) is 1. The monoisotopic (exact) mass is 224 g/mol. The summed E-state index contributed by atoms with van der Waals surface area (Å²) in [5.41, 5.74) is 2.25. The Morgan fingerprint density at radius 2 is 1.81 bits per heavy atom. The lowest BCUT2D eigenvalue weighted by Crippen LogP contribution is -1.70. The second-order valence-corrected chi connectivity index (χ2v) is 4.43. The van der Waals surface area contributed by atoms with E-state index in [0.29, 0.717) is 0 Å². The molecular weight excluding hydrogens is 216 g/mol. The number of benzene rings is 2. The van der Waals surface area contributed by atoms with Gasteiger partial charge in [-0.3, -0.25) is 0 Å². The highest BCUT2D eigenvalue weighted by molar-refractivity contribution is 8.03. The fourth-order valence-electron chi connectivity index (χ4n) is 1.94. The fourth-order valence-corrected chi connectivity index (χ4v) is 2.36. The topological polar surface area (TPSA) is 39.6 Å². The van der Waals surface area contributed by atoms with Crippen molar-refractivity contribution in [2.24, 2.45) is 0 Å². The van der Waals surface area contributed by atoms with Crippen LogP contribution in [0.25, 0.3) is 21.8 Å². The first-order valence-corrected chi connectivity index (χ1v) is 5.76. The van der Waals surface area contributed by atoms with Crippen molar-refractivity contribution in [3.63, 3.8) is 0 Å². The van der Waals surface area contributed by atoms with Crippen LogP contribution < -0.4 is 0 Å². The van der Waals surface area contributed by atoms with Gasteiger partial charge in [0.25, 0.3) is 0 Å². The molecule has 0 spiro atoms. The number of para-hydroxylation sites is 1. The summed E-state index contributed by atoms with van der Waals surface area (Å²) in [5, 5.41) is 13.1. The summed E-state index contributed by atoms with van der Waals surface area (Å²) in [6.07, 6.45) is 0. The Kier molecular flexibility index (Phi) is 2.09. The van der Waals surface area contributed by atoms with Crippen LogP contribution in [-0.2, 0) is 0 Å². The molecule has 0 atom stereocenters. The van der Waals surface area contributed by atoms with Gasteiger partial charge in [-0.2, -0.15) is 5.26 Å². The SMILES string of the molecule is N#CSc1ccc2[nH]c3ccccc3c2c1. The van der Waals surface area contributed by atoms with Crippen molar-refractivity contribution in [2.45, 2.75) is 4.90 Å². The van der Waals surface area contributed by atoms with Crippen molar-refractivity contribution in [1.29, 1.82) is 5.26 Å².